The molecule has 2 atom stereocenters. The normalized spacial score (nSPS) is 24.2. The van der Waals surface area contributed by atoms with Crippen LogP contribution in [0.1, 0.15) is 43.2 Å². The van der Waals surface area contributed by atoms with Crippen LogP contribution in [0.25, 0.3) is 11.6 Å². The van der Waals surface area contributed by atoms with Gasteiger partial charge in [-0.2, -0.15) is 0 Å². The van der Waals surface area contributed by atoms with Gasteiger partial charge < -0.3 is 9.47 Å². The Morgan fingerprint density at radius 1 is 1.12 bits per heavy atom. The Labute approximate surface area is 236 Å². The summed E-state index contributed by atoms with van der Waals surface area (Å²) >= 11 is 0. The van der Waals surface area contributed by atoms with Gasteiger partial charge in [-0.15, -0.1) is 0 Å². The second kappa shape index (κ2) is 13.1. The van der Waals surface area contributed by atoms with E-state index in [2.05, 4.69) is 10.4 Å². The molecule has 2 aromatic rings. The van der Waals surface area contributed by atoms with Crippen molar-refractivity contribution < 1.29 is 27.5 Å². The van der Waals surface area contributed by atoms with E-state index in [-0.39, 0.29) is 0 Å². The van der Waals surface area contributed by atoms with E-state index in [1.165, 1.54) is 10.0 Å². The Hall–Kier alpha value is -3.02. The number of ether oxygens (including phenoxy) is 2. The third-order valence-electron chi connectivity index (χ3n) is 7.62. The van der Waals surface area contributed by atoms with Crippen LogP contribution in [-0.4, -0.2) is 73.7 Å². The van der Waals surface area contributed by atoms with Crippen LogP contribution in [0, 0.1) is 0 Å². The molecule has 2 saturated heterocycles. The number of allylic oxidation sites excluding steroid dienone is 3. The Balaban J connectivity index is 1.32. The van der Waals surface area contributed by atoms with Crippen LogP contribution in [0.5, 0.6) is 0 Å². The number of aromatic nitrogens is 1. The van der Waals surface area contributed by atoms with Crippen LogP contribution in [0.2, 0.25) is 0 Å². The second-order valence-electron chi connectivity index (χ2n) is 10.4. The summed E-state index contributed by atoms with van der Waals surface area (Å²) in [5.74, 6) is -0.445. The molecule has 1 aromatic carbocycles. The highest BCUT2D eigenvalue weighted by molar-refractivity contribution is 7.91. The first-order chi connectivity index (χ1) is 19.5. The summed E-state index contributed by atoms with van der Waals surface area (Å²) in [6.07, 6.45) is 14.8. The van der Waals surface area contributed by atoms with Crippen molar-refractivity contribution in [1.29, 1.82) is 0 Å². The number of benzene rings is 1. The molecule has 9 nitrogen and oxygen atoms in total. The lowest BCUT2D eigenvalue weighted by Crippen LogP contribution is -2.46. The molecule has 3 aliphatic rings. The molecule has 3 heterocycles. The van der Waals surface area contributed by atoms with E-state index < -0.39 is 27.0 Å². The third kappa shape index (κ3) is 6.82. The van der Waals surface area contributed by atoms with Crippen molar-refractivity contribution in [1.82, 2.24) is 14.4 Å². The predicted octanol–water partition coefficient (Wildman–Crippen LogP) is 3.76. The topological polar surface area (TPSA) is 99.1 Å². The number of carbonyl (C=O) groups is 1. The Kier molecular flexibility index (Phi) is 9.33. The van der Waals surface area contributed by atoms with Crippen molar-refractivity contribution in [3.63, 3.8) is 0 Å². The maximum absolute atomic E-state index is 14.3. The fourth-order valence-corrected chi connectivity index (χ4v) is 7.10. The van der Waals surface area contributed by atoms with Crippen LogP contribution < -0.4 is 5.48 Å². The molecule has 1 N–H and O–H groups in total. The number of hydrogen-bond acceptors (Lipinski definition) is 7. The number of rotatable bonds is 10. The van der Waals surface area contributed by atoms with Crippen molar-refractivity contribution in [3.05, 3.63) is 84.2 Å². The zero-order valence-electron chi connectivity index (χ0n) is 22.6. The van der Waals surface area contributed by atoms with E-state index in [1.54, 1.807) is 24.5 Å². The number of hydroxylamine groups is 1. The first-order valence-corrected chi connectivity index (χ1v) is 15.3. The lowest BCUT2D eigenvalue weighted by molar-refractivity contribution is -0.198. The monoisotopic (exact) mass is 567 g/mol. The number of amides is 1. The average molecular weight is 568 g/mol. The van der Waals surface area contributed by atoms with Crippen molar-refractivity contribution in [3.8, 4) is 0 Å². The first-order valence-electron chi connectivity index (χ1n) is 13.9. The summed E-state index contributed by atoms with van der Waals surface area (Å²) in [6.45, 7) is 4.16. The van der Waals surface area contributed by atoms with Crippen LogP contribution in [0.15, 0.2) is 73.1 Å². The van der Waals surface area contributed by atoms with E-state index in [9.17, 15) is 13.2 Å². The summed E-state index contributed by atoms with van der Waals surface area (Å²) in [5.41, 5.74) is 4.97. The van der Waals surface area contributed by atoms with Gasteiger partial charge in [0.2, 0.25) is 10.0 Å². The van der Waals surface area contributed by atoms with Gasteiger partial charge in [0.05, 0.1) is 13.2 Å². The molecule has 0 bridgehead atoms. The standard InChI is InChI=1S/C30H37N3O6S/c34-28(31-39-29-10-4-5-20-38-29)12-11-25-13-16-33(24-25)40(35,36)30(15-17-32-18-21-37-22-19-32)14-6-9-27(23-30)26-7-2-1-3-8-26/h1-3,6-9,11-14,16,24,29H,4-5,10,15,17-23H2,(H,31,34). The van der Waals surface area contributed by atoms with Crippen LogP contribution in [0.4, 0.5) is 0 Å². The highest BCUT2D eigenvalue weighted by Gasteiger charge is 2.44. The van der Waals surface area contributed by atoms with E-state index in [1.807, 2.05) is 48.6 Å². The molecular weight excluding hydrogens is 530 g/mol. The van der Waals surface area contributed by atoms with Gasteiger partial charge in [-0.05, 0) is 54.5 Å². The smallest absolute Gasteiger partial charge is 0.267 e. The molecule has 214 valence electrons. The number of hydrogen-bond donors (Lipinski definition) is 1. The molecule has 0 radical (unpaired) electrons. The molecule has 0 saturated carbocycles. The van der Waals surface area contributed by atoms with Crippen molar-refractivity contribution in [2.24, 2.45) is 0 Å². The van der Waals surface area contributed by atoms with Crippen molar-refractivity contribution in [2.75, 3.05) is 39.5 Å². The second-order valence-corrected chi connectivity index (χ2v) is 12.5. The molecular formula is C30H37N3O6S. The minimum absolute atomic E-state index is 0.368. The number of morpholine rings is 1. The van der Waals surface area contributed by atoms with Crippen molar-refractivity contribution >= 4 is 27.6 Å². The molecule has 1 aliphatic carbocycles. The van der Waals surface area contributed by atoms with Gasteiger partial charge in [0.1, 0.15) is 4.75 Å². The van der Waals surface area contributed by atoms with E-state index in [0.29, 0.717) is 44.8 Å². The summed E-state index contributed by atoms with van der Waals surface area (Å²) in [6, 6.07) is 11.6. The van der Waals surface area contributed by atoms with Gasteiger partial charge >= 0.3 is 0 Å². The fourth-order valence-electron chi connectivity index (χ4n) is 5.26. The minimum Gasteiger partial charge on any atom is -0.379 e. The molecule has 5 rings (SSSR count). The Morgan fingerprint density at radius 2 is 1.95 bits per heavy atom. The number of nitrogens with zero attached hydrogens (tertiary/aromatic N) is 2. The summed E-state index contributed by atoms with van der Waals surface area (Å²) in [5, 5.41) is 0. The highest BCUT2D eigenvalue weighted by Crippen LogP contribution is 2.39. The lowest BCUT2D eigenvalue weighted by Gasteiger charge is -2.36. The number of nitrogens with one attached hydrogen (secondary N) is 1. The van der Waals surface area contributed by atoms with E-state index in [4.69, 9.17) is 14.3 Å². The zero-order chi connectivity index (χ0) is 27.8. The van der Waals surface area contributed by atoms with E-state index in [0.717, 1.165) is 43.5 Å². The first kappa shape index (κ1) is 28.5. The van der Waals surface area contributed by atoms with Crippen LogP contribution >= 0.6 is 0 Å². The molecule has 10 heteroatoms. The predicted molar refractivity (Wildman–Crippen MR) is 153 cm³/mol. The average Bonchev–Trinajstić information content (AvgIpc) is 3.50. The SMILES string of the molecule is O=C(C=Cc1ccn(S(=O)(=O)C2(CCN3CCOCC3)C=CC=C(c3ccccc3)C2)c1)NOC1CCCCO1. The van der Waals surface area contributed by atoms with Gasteiger partial charge in [-0.25, -0.2) is 18.7 Å². The third-order valence-corrected chi connectivity index (χ3v) is 9.92. The molecule has 1 aromatic heterocycles. The lowest BCUT2D eigenvalue weighted by atomic mass is 9.87. The molecule has 2 unspecified atom stereocenters. The van der Waals surface area contributed by atoms with Gasteiger partial charge in [0.15, 0.2) is 6.29 Å². The van der Waals surface area contributed by atoms with Crippen LogP contribution in [-0.2, 0) is 29.1 Å². The summed E-state index contributed by atoms with van der Waals surface area (Å²) < 4.78 is 39.7. The summed E-state index contributed by atoms with van der Waals surface area (Å²) in [4.78, 5) is 19.8. The quantitative estimate of drug-likeness (QED) is 0.345. The summed E-state index contributed by atoms with van der Waals surface area (Å²) in [7, 11) is -3.85. The van der Waals surface area contributed by atoms with Gasteiger partial charge in [0.25, 0.3) is 5.91 Å². The van der Waals surface area contributed by atoms with Gasteiger partial charge in [0, 0.05) is 51.1 Å². The zero-order valence-corrected chi connectivity index (χ0v) is 23.4. The molecule has 40 heavy (non-hydrogen) atoms. The van der Waals surface area contributed by atoms with Crippen LogP contribution in [0.3, 0.4) is 0 Å². The Bertz CT molecular complexity index is 1340. The molecule has 2 fully saturated rings. The van der Waals surface area contributed by atoms with E-state index >= 15 is 0 Å². The largest absolute Gasteiger partial charge is 0.379 e. The molecule has 0 spiro atoms. The molecule has 1 amide bonds. The van der Waals surface area contributed by atoms with Crippen molar-refractivity contribution in [2.45, 2.75) is 43.1 Å². The maximum Gasteiger partial charge on any atom is 0.267 e. The maximum atomic E-state index is 14.3. The van der Waals surface area contributed by atoms with Gasteiger partial charge in [-0.1, -0.05) is 48.6 Å². The Morgan fingerprint density at radius 3 is 2.73 bits per heavy atom. The molecule has 2 aliphatic heterocycles. The van der Waals surface area contributed by atoms with Gasteiger partial charge in [-0.3, -0.25) is 13.7 Å². The minimum atomic E-state index is -3.85. The fraction of sp³-hybridized carbons (Fsp3) is 0.433. The highest BCUT2D eigenvalue weighted by atomic mass is 32.2. The number of carbonyl (C=O) groups excluding carboxylic acids is 1.